The molecule has 0 amide bonds. The molecule has 6 heteroatoms. The highest BCUT2D eigenvalue weighted by molar-refractivity contribution is 7.86. The van der Waals surface area contributed by atoms with Gasteiger partial charge in [-0.05, 0) is 31.4 Å². The number of alkyl halides is 2. The lowest BCUT2D eigenvalue weighted by Gasteiger charge is -2.36. The van der Waals surface area contributed by atoms with E-state index in [9.17, 15) is 17.2 Å². The summed E-state index contributed by atoms with van der Waals surface area (Å²) in [6.07, 6.45) is -0.601. The van der Waals surface area contributed by atoms with Crippen LogP contribution < -0.4 is 0 Å². The summed E-state index contributed by atoms with van der Waals surface area (Å²) < 4.78 is 54.6. The fourth-order valence-corrected chi connectivity index (χ4v) is 3.50. The fraction of sp³-hybridized carbons (Fsp3) is 0.538. The van der Waals surface area contributed by atoms with Gasteiger partial charge in [-0.3, -0.25) is 4.18 Å². The first-order valence-corrected chi connectivity index (χ1v) is 7.54. The van der Waals surface area contributed by atoms with Crippen LogP contribution in [-0.2, 0) is 14.3 Å². The highest BCUT2D eigenvalue weighted by atomic mass is 32.2. The molecule has 0 saturated heterocycles. The lowest BCUT2D eigenvalue weighted by atomic mass is 9.76. The number of aryl methyl sites for hydroxylation is 1. The average molecular weight is 290 g/mol. The Balaban J connectivity index is 2.40. The summed E-state index contributed by atoms with van der Waals surface area (Å²) in [5.41, 5.74) is 1.29. The third-order valence-corrected chi connectivity index (χ3v) is 4.69. The SMILES string of the molecule is CCOS(=O)(=O)c1ccc(C)cc1C1CC(F)(F)C1. The second kappa shape index (κ2) is 4.83. The van der Waals surface area contributed by atoms with Gasteiger partial charge in [-0.15, -0.1) is 0 Å². The molecule has 0 bridgehead atoms. The number of rotatable bonds is 4. The molecule has 1 aromatic rings. The lowest BCUT2D eigenvalue weighted by Crippen LogP contribution is -2.34. The van der Waals surface area contributed by atoms with Gasteiger partial charge in [0.05, 0.1) is 11.5 Å². The normalized spacial score (nSPS) is 19.2. The van der Waals surface area contributed by atoms with Gasteiger partial charge in [0.2, 0.25) is 5.92 Å². The van der Waals surface area contributed by atoms with Gasteiger partial charge in [-0.1, -0.05) is 17.7 Å². The summed E-state index contributed by atoms with van der Waals surface area (Å²) in [5.74, 6) is -3.10. The zero-order valence-electron chi connectivity index (χ0n) is 10.8. The minimum absolute atomic E-state index is 0.0143. The van der Waals surface area contributed by atoms with E-state index in [4.69, 9.17) is 4.18 Å². The van der Waals surface area contributed by atoms with E-state index >= 15 is 0 Å². The molecule has 0 aliphatic heterocycles. The van der Waals surface area contributed by atoms with Crippen LogP contribution in [0.25, 0.3) is 0 Å². The Morgan fingerprint density at radius 1 is 1.37 bits per heavy atom. The summed E-state index contributed by atoms with van der Waals surface area (Å²) in [4.78, 5) is 0.0143. The summed E-state index contributed by atoms with van der Waals surface area (Å²) >= 11 is 0. The van der Waals surface area contributed by atoms with E-state index in [1.807, 2.05) is 0 Å². The van der Waals surface area contributed by atoms with E-state index < -0.39 is 22.0 Å². The molecular formula is C13H16F2O3S. The van der Waals surface area contributed by atoms with Crippen molar-refractivity contribution < 1.29 is 21.4 Å². The molecule has 2 rings (SSSR count). The van der Waals surface area contributed by atoms with Crippen LogP contribution in [0.15, 0.2) is 23.1 Å². The molecule has 1 aliphatic rings. The molecule has 106 valence electrons. The molecule has 1 saturated carbocycles. The van der Waals surface area contributed by atoms with Gasteiger partial charge in [0.1, 0.15) is 0 Å². The molecule has 0 radical (unpaired) electrons. The smallest absolute Gasteiger partial charge is 0.267 e. The van der Waals surface area contributed by atoms with E-state index in [0.29, 0.717) is 5.56 Å². The Bertz CT molecular complexity index is 574. The molecule has 1 fully saturated rings. The molecular weight excluding hydrogens is 274 g/mol. The number of benzene rings is 1. The maximum absolute atomic E-state index is 13.0. The minimum Gasteiger partial charge on any atom is -0.267 e. The van der Waals surface area contributed by atoms with Crippen molar-refractivity contribution in [1.82, 2.24) is 0 Å². The van der Waals surface area contributed by atoms with Crippen LogP contribution in [0.1, 0.15) is 36.8 Å². The van der Waals surface area contributed by atoms with Gasteiger partial charge in [0.25, 0.3) is 10.1 Å². The summed E-state index contributed by atoms with van der Waals surface area (Å²) in [5, 5.41) is 0. The van der Waals surface area contributed by atoms with Crippen LogP contribution in [-0.4, -0.2) is 20.9 Å². The standard InChI is InChI=1S/C13H16F2O3S/c1-3-18-19(16,17)12-5-4-9(2)6-11(12)10-7-13(14,15)8-10/h4-6,10H,3,7-8H2,1-2H3. The van der Waals surface area contributed by atoms with Crippen LogP contribution in [0.5, 0.6) is 0 Å². The molecule has 1 aromatic carbocycles. The Labute approximate surface area is 111 Å². The monoisotopic (exact) mass is 290 g/mol. The van der Waals surface area contributed by atoms with E-state index in [1.165, 1.54) is 6.07 Å². The van der Waals surface area contributed by atoms with Crippen LogP contribution in [0.2, 0.25) is 0 Å². The van der Waals surface area contributed by atoms with E-state index in [-0.39, 0.29) is 24.3 Å². The van der Waals surface area contributed by atoms with Gasteiger partial charge in [0, 0.05) is 12.8 Å². The van der Waals surface area contributed by atoms with E-state index in [0.717, 1.165) is 5.56 Å². The van der Waals surface area contributed by atoms with Gasteiger partial charge >= 0.3 is 0 Å². The molecule has 0 heterocycles. The fourth-order valence-electron chi connectivity index (χ4n) is 2.31. The number of hydrogen-bond donors (Lipinski definition) is 0. The van der Waals surface area contributed by atoms with Crippen LogP contribution in [0.4, 0.5) is 8.78 Å². The van der Waals surface area contributed by atoms with Crippen molar-refractivity contribution in [3.05, 3.63) is 29.3 Å². The van der Waals surface area contributed by atoms with Gasteiger partial charge in [0.15, 0.2) is 0 Å². The first-order chi connectivity index (χ1) is 8.75. The predicted octanol–water partition coefficient (Wildman–Crippen LogP) is 3.23. The zero-order chi connectivity index (χ0) is 14.3. The number of hydrogen-bond acceptors (Lipinski definition) is 3. The van der Waals surface area contributed by atoms with Crippen molar-refractivity contribution in [2.24, 2.45) is 0 Å². The Kier molecular flexibility index (Phi) is 3.66. The molecule has 0 atom stereocenters. The summed E-state index contributed by atoms with van der Waals surface area (Å²) in [7, 11) is -3.86. The topological polar surface area (TPSA) is 43.4 Å². The molecule has 0 spiro atoms. The lowest BCUT2D eigenvalue weighted by molar-refractivity contribution is -0.0873. The molecule has 3 nitrogen and oxygen atoms in total. The maximum atomic E-state index is 13.0. The van der Waals surface area contributed by atoms with Crippen molar-refractivity contribution >= 4 is 10.1 Å². The highest BCUT2D eigenvalue weighted by Crippen LogP contribution is 2.49. The van der Waals surface area contributed by atoms with Gasteiger partial charge in [-0.2, -0.15) is 8.42 Å². The first kappa shape index (κ1) is 14.4. The van der Waals surface area contributed by atoms with E-state index in [1.54, 1.807) is 26.0 Å². The van der Waals surface area contributed by atoms with Crippen molar-refractivity contribution in [2.75, 3.05) is 6.61 Å². The first-order valence-electron chi connectivity index (χ1n) is 6.13. The second-order valence-corrected chi connectivity index (χ2v) is 6.45. The highest BCUT2D eigenvalue weighted by Gasteiger charge is 2.47. The minimum atomic E-state index is -3.86. The largest absolute Gasteiger partial charge is 0.297 e. The van der Waals surface area contributed by atoms with Crippen molar-refractivity contribution in [3.63, 3.8) is 0 Å². The van der Waals surface area contributed by atoms with Gasteiger partial charge in [-0.25, -0.2) is 8.78 Å². The quantitative estimate of drug-likeness (QED) is 0.800. The van der Waals surface area contributed by atoms with Crippen molar-refractivity contribution in [3.8, 4) is 0 Å². The molecule has 0 aromatic heterocycles. The van der Waals surface area contributed by atoms with E-state index in [2.05, 4.69) is 0 Å². The molecule has 0 N–H and O–H groups in total. The molecule has 19 heavy (non-hydrogen) atoms. The average Bonchev–Trinajstić information content (AvgIpc) is 2.25. The van der Waals surface area contributed by atoms with Crippen LogP contribution in [0.3, 0.4) is 0 Å². The Morgan fingerprint density at radius 2 is 2.00 bits per heavy atom. The third-order valence-electron chi connectivity index (χ3n) is 3.24. The van der Waals surface area contributed by atoms with Crippen molar-refractivity contribution in [1.29, 1.82) is 0 Å². The maximum Gasteiger partial charge on any atom is 0.297 e. The number of halogens is 2. The van der Waals surface area contributed by atoms with Crippen LogP contribution >= 0.6 is 0 Å². The van der Waals surface area contributed by atoms with Crippen molar-refractivity contribution in [2.45, 2.75) is 43.4 Å². The third kappa shape index (κ3) is 2.95. The summed E-state index contributed by atoms with van der Waals surface area (Å²) in [6, 6.07) is 4.74. The zero-order valence-corrected chi connectivity index (χ0v) is 11.6. The van der Waals surface area contributed by atoms with Crippen LogP contribution in [0, 0.1) is 6.92 Å². The predicted molar refractivity (Wildman–Crippen MR) is 66.9 cm³/mol. The molecule has 1 aliphatic carbocycles. The summed E-state index contributed by atoms with van der Waals surface area (Å²) in [6.45, 7) is 3.40. The molecule has 0 unspecified atom stereocenters. The Hall–Kier alpha value is -1.01. The van der Waals surface area contributed by atoms with Gasteiger partial charge < -0.3 is 0 Å². The Morgan fingerprint density at radius 3 is 2.53 bits per heavy atom. The second-order valence-electron chi connectivity index (χ2n) is 4.86.